The zero-order valence-electron chi connectivity index (χ0n) is 18.6. The Hall–Kier alpha value is -4.19. The van der Waals surface area contributed by atoms with Crippen LogP contribution in [0.15, 0.2) is 42.9 Å². The lowest BCUT2D eigenvalue weighted by molar-refractivity contribution is -0.129. The molecule has 4 aromatic rings. The number of fused-ring (bicyclic) bond motifs is 1. The molecule has 0 saturated carbocycles. The summed E-state index contributed by atoms with van der Waals surface area (Å²) in [5.41, 5.74) is 7.30. The van der Waals surface area contributed by atoms with Crippen molar-refractivity contribution in [2.45, 2.75) is 31.3 Å². The predicted molar refractivity (Wildman–Crippen MR) is 126 cm³/mol. The first-order chi connectivity index (χ1) is 17.4. The summed E-state index contributed by atoms with van der Waals surface area (Å²) in [5, 5.41) is 11.0. The van der Waals surface area contributed by atoms with E-state index in [2.05, 4.69) is 30.5 Å². The number of carbonyl (C=O) groups is 1. The van der Waals surface area contributed by atoms with Crippen LogP contribution in [0.2, 0.25) is 5.02 Å². The third-order valence-corrected chi connectivity index (χ3v) is 6.86. The molecule has 0 radical (unpaired) electrons. The lowest BCUT2D eigenvalue weighted by Gasteiger charge is -2.33. The lowest BCUT2D eigenvalue weighted by atomic mass is 9.92. The Labute approximate surface area is 207 Å². The first-order valence-electron chi connectivity index (χ1n) is 11.1. The number of nitrogen functional groups attached to an aromatic ring is 1. The zero-order chi connectivity index (χ0) is 25.0. The van der Waals surface area contributed by atoms with E-state index in [-0.39, 0.29) is 40.0 Å². The average molecular weight is 510 g/mol. The van der Waals surface area contributed by atoms with Crippen LogP contribution >= 0.6 is 11.6 Å². The molecule has 13 heteroatoms. The number of carbonyl (C=O) groups excluding carboxylic acids is 1. The summed E-state index contributed by atoms with van der Waals surface area (Å²) in [7, 11) is 0. The topological polar surface area (TPSA) is 132 Å². The molecule has 1 saturated heterocycles. The Morgan fingerprint density at radius 2 is 2.03 bits per heavy atom. The minimum absolute atomic E-state index is 0.0607. The quantitative estimate of drug-likeness (QED) is 0.402. The van der Waals surface area contributed by atoms with Crippen LogP contribution in [0.5, 0.6) is 0 Å². The van der Waals surface area contributed by atoms with Gasteiger partial charge in [-0.05, 0) is 59.5 Å². The van der Waals surface area contributed by atoms with Crippen LogP contribution in [-0.4, -0.2) is 52.0 Å². The number of H-pyrrole nitrogens is 1. The largest absolute Gasteiger partial charge is 0.384 e. The zero-order valence-corrected chi connectivity index (χ0v) is 19.3. The second-order valence-electron chi connectivity index (χ2n) is 8.63. The van der Waals surface area contributed by atoms with Crippen LogP contribution < -0.4 is 5.73 Å². The summed E-state index contributed by atoms with van der Waals surface area (Å²) in [5.74, 6) is -1.00. The van der Waals surface area contributed by atoms with Gasteiger partial charge in [0, 0.05) is 17.7 Å². The van der Waals surface area contributed by atoms with E-state index in [0.717, 1.165) is 0 Å². The highest BCUT2D eigenvalue weighted by Gasteiger charge is 2.42. The molecule has 6 rings (SSSR count). The Morgan fingerprint density at radius 3 is 2.81 bits per heavy atom. The molecule has 0 unspecified atom stereocenters. The molecule has 1 aromatic carbocycles. The standard InChI is InChI=1S/C23H18ClF2N9O/c24-14-3-5-16(34-10-29-32-33-34)20(21(14)25)11-7-12-1-4-17(35(12)19(36)8-11)23-28-9-15(30-23)13-2-6-18(27)31-22(13)26/h2-3,5-6,8-10,12,17H,1,4,7H2,(H2,27,31)(H,28,30)/t12-,17+/m1/s1. The van der Waals surface area contributed by atoms with Crippen molar-refractivity contribution in [2.24, 2.45) is 0 Å². The number of tetrazole rings is 1. The van der Waals surface area contributed by atoms with Crippen LogP contribution in [0.3, 0.4) is 0 Å². The van der Waals surface area contributed by atoms with Gasteiger partial charge in [0.2, 0.25) is 11.9 Å². The van der Waals surface area contributed by atoms with Gasteiger partial charge in [-0.25, -0.2) is 14.4 Å². The van der Waals surface area contributed by atoms with Gasteiger partial charge in [-0.1, -0.05) is 11.6 Å². The van der Waals surface area contributed by atoms with Crippen molar-refractivity contribution in [3.63, 3.8) is 0 Å². The molecule has 2 aliphatic heterocycles. The summed E-state index contributed by atoms with van der Waals surface area (Å²) in [6, 6.07) is 5.56. The fourth-order valence-electron chi connectivity index (χ4n) is 5.00. The number of aromatic amines is 1. The van der Waals surface area contributed by atoms with Crippen LogP contribution in [0.25, 0.3) is 22.5 Å². The number of nitrogens with zero attached hydrogens (tertiary/aromatic N) is 7. The van der Waals surface area contributed by atoms with Crippen molar-refractivity contribution in [3.05, 3.63) is 71.0 Å². The van der Waals surface area contributed by atoms with E-state index in [1.54, 1.807) is 11.0 Å². The molecule has 10 nitrogen and oxygen atoms in total. The number of nitrogens with one attached hydrogen (secondary N) is 1. The van der Waals surface area contributed by atoms with E-state index in [1.165, 1.54) is 41.5 Å². The second kappa shape index (κ2) is 8.48. The van der Waals surface area contributed by atoms with E-state index in [0.29, 0.717) is 42.0 Å². The summed E-state index contributed by atoms with van der Waals surface area (Å²) in [6.45, 7) is 0. The van der Waals surface area contributed by atoms with Crippen LogP contribution in [-0.2, 0) is 4.79 Å². The van der Waals surface area contributed by atoms with Crippen molar-refractivity contribution in [2.75, 3.05) is 5.73 Å². The van der Waals surface area contributed by atoms with Gasteiger partial charge in [-0.3, -0.25) is 4.79 Å². The molecule has 1 amide bonds. The smallest absolute Gasteiger partial charge is 0.247 e. The number of anilines is 1. The van der Waals surface area contributed by atoms with Gasteiger partial charge in [0.15, 0.2) is 5.82 Å². The molecule has 3 N–H and O–H groups in total. The van der Waals surface area contributed by atoms with Crippen LogP contribution in [0, 0.1) is 11.8 Å². The first kappa shape index (κ1) is 22.3. The second-order valence-corrected chi connectivity index (χ2v) is 9.04. The number of hydrogen-bond donors (Lipinski definition) is 2. The molecule has 182 valence electrons. The number of benzene rings is 1. The maximum Gasteiger partial charge on any atom is 0.247 e. The molecular weight excluding hydrogens is 492 g/mol. The number of amides is 1. The number of pyridine rings is 1. The summed E-state index contributed by atoms with van der Waals surface area (Å²) >= 11 is 6.08. The Balaban J connectivity index is 1.33. The third-order valence-electron chi connectivity index (χ3n) is 6.57. The van der Waals surface area contributed by atoms with E-state index in [1.807, 2.05) is 0 Å². The van der Waals surface area contributed by atoms with Gasteiger partial charge in [0.1, 0.15) is 18.0 Å². The van der Waals surface area contributed by atoms with E-state index >= 15 is 4.39 Å². The van der Waals surface area contributed by atoms with Gasteiger partial charge >= 0.3 is 0 Å². The molecule has 0 aliphatic carbocycles. The van der Waals surface area contributed by atoms with Gasteiger partial charge in [0.25, 0.3) is 0 Å². The number of rotatable bonds is 4. The number of aromatic nitrogens is 7. The van der Waals surface area contributed by atoms with Gasteiger partial charge < -0.3 is 15.6 Å². The SMILES string of the molecule is Nc1ccc(-c2cnc([C@@H]3CC[C@@H]4CC(c5c(-n6cnnn6)ccc(Cl)c5F)=CC(=O)N43)[nH]2)c(F)n1. The molecule has 3 aromatic heterocycles. The number of hydrogen-bond acceptors (Lipinski definition) is 7. The molecule has 2 atom stereocenters. The lowest BCUT2D eigenvalue weighted by Crippen LogP contribution is -2.39. The maximum absolute atomic E-state index is 15.2. The molecule has 2 aliphatic rings. The molecule has 0 spiro atoms. The van der Waals surface area contributed by atoms with E-state index in [9.17, 15) is 9.18 Å². The summed E-state index contributed by atoms with van der Waals surface area (Å²) in [6.07, 6.45) is 6.02. The van der Waals surface area contributed by atoms with E-state index < -0.39 is 11.8 Å². The minimum atomic E-state index is -0.710. The number of imidazole rings is 1. The van der Waals surface area contributed by atoms with Crippen LogP contribution in [0.4, 0.5) is 14.6 Å². The first-order valence-corrected chi connectivity index (χ1v) is 11.5. The number of nitrogens with two attached hydrogens (primary N) is 1. The molecule has 36 heavy (non-hydrogen) atoms. The summed E-state index contributed by atoms with van der Waals surface area (Å²) in [4.78, 5) is 26.3. The highest BCUT2D eigenvalue weighted by Crippen LogP contribution is 2.44. The Kier molecular flexibility index (Phi) is 5.25. The van der Waals surface area contributed by atoms with Crippen molar-refractivity contribution < 1.29 is 13.6 Å². The third kappa shape index (κ3) is 3.61. The number of halogens is 3. The highest BCUT2D eigenvalue weighted by molar-refractivity contribution is 6.31. The van der Waals surface area contributed by atoms with Gasteiger partial charge in [-0.2, -0.15) is 9.07 Å². The van der Waals surface area contributed by atoms with Crippen molar-refractivity contribution in [1.82, 2.24) is 40.1 Å². The van der Waals surface area contributed by atoms with Gasteiger partial charge in [-0.15, -0.1) is 5.10 Å². The fraction of sp³-hybridized carbons (Fsp3) is 0.217. The molecule has 0 bridgehead atoms. The van der Waals surface area contributed by atoms with Gasteiger partial charge in [0.05, 0.1) is 34.2 Å². The Bertz CT molecular complexity index is 1520. The van der Waals surface area contributed by atoms with Crippen LogP contribution in [0.1, 0.15) is 36.7 Å². The average Bonchev–Trinajstić information content (AvgIpc) is 3.61. The maximum atomic E-state index is 15.2. The monoisotopic (exact) mass is 509 g/mol. The van der Waals surface area contributed by atoms with Crippen molar-refractivity contribution in [1.29, 1.82) is 0 Å². The Morgan fingerprint density at radius 1 is 1.17 bits per heavy atom. The molecular formula is C23H18ClF2N9O. The highest BCUT2D eigenvalue weighted by atomic mass is 35.5. The van der Waals surface area contributed by atoms with Crippen molar-refractivity contribution >= 4 is 28.9 Å². The van der Waals surface area contributed by atoms with E-state index in [4.69, 9.17) is 17.3 Å². The predicted octanol–water partition coefficient (Wildman–Crippen LogP) is 3.48. The van der Waals surface area contributed by atoms with Crippen molar-refractivity contribution in [3.8, 4) is 16.9 Å². The molecule has 1 fully saturated rings. The normalized spacial score (nSPS) is 19.5. The minimum Gasteiger partial charge on any atom is -0.384 e. The molecule has 5 heterocycles. The fourth-order valence-corrected chi connectivity index (χ4v) is 5.15. The summed E-state index contributed by atoms with van der Waals surface area (Å²) < 4.78 is 30.9.